The molecule has 0 aliphatic carbocycles. The van der Waals surface area contributed by atoms with E-state index in [9.17, 15) is 4.79 Å². The second-order valence-electron chi connectivity index (χ2n) is 5.66. The van der Waals surface area contributed by atoms with Gasteiger partial charge >= 0.3 is 0 Å². The van der Waals surface area contributed by atoms with E-state index in [4.69, 9.17) is 4.74 Å². The summed E-state index contributed by atoms with van der Waals surface area (Å²) in [4.78, 5) is 11.9. The number of amides is 1. The van der Waals surface area contributed by atoms with Crippen LogP contribution in [-0.4, -0.2) is 25.1 Å². The molecule has 0 bridgehead atoms. The van der Waals surface area contributed by atoms with Crippen molar-refractivity contribution in [3.05, 3.63) is 29.8 Å². The fraction of sp³-hybridized carbons (Fsp3) is 0.562. The fourth-order valence-corrected chi connectivity index (χ4v) is 1.77. The first-order valence-electron chi connectivity index (χ1n) is 7.06. The first-order chi connectivity index (χ1) is 9.38. The quantitative estimate of drug-likeness (QED) is 0.806. The van der Waals surface area contributed by atoms with E-state index in [1.54, 1.807) is 7.11 Å². The van der Waals surface area contributed by atoms with Gasteiger partial charge in [-0.2, -0.15) is 0 Å². The highest BCUT2D eigenvalue weighted by Gasteiger charge is 2.17. The standard InChI is InChI=1S/C16H26N2O2/c1-6-16(3,4)18-15(19)11-17-12(2)13-7-9-14(20-5)10-8-13/h7-10,12,17H,6,11H2,1-5H3,(H,18,19)/t12-/m0/s1. The van der Waals surface area contributed by atoms with E-state index in [1.807, 2.05) is 45.0 Å². The van der Waals surface area contributed by atoms with Crippen molar-refractivity contribution in [3.8, 4) is 5.75 Å². The molecule has 2 N–H and O–H groups in total. The molecule has 1 aromatic carbocycles. The average molecular weight is 278 g/mol. The van der Waals surface area contributed by atoms with Crippen molar-refractivity contribution in [2.75, 3.05) is 13.7 Å². The maximum absolute atomic E-state index is 11.9. The summed E-state index contributed by atoms with van der Waals surface area (Å²) in [5.41, 5.74) is 0.982. The lowest BCUT2D eigenvalue weighted by Gasteiger charge is -2.25. The molecule has 1 amide bonds. The predicted molar refractivity (Wildman–Crippen MR) is 81.9 cm³/mol. The van der Waals surface area contributed by atoms with Crippen LogP contribution in [-0.2, 0) is 4.79 Å². The third-order valence-electron chi connectivity index (χ3n) is 3.55. The molecule has 0 fully saturated rings. The fourth-order valence-electron chi connectivity index (χ4n) is 1.77. The molecule has 1 rings (SSSR count). The molecule has 0 aliphatic rings. The number of ether oxygens (including phenoxy) is 1. The number of rotatable bonds is 7. The van der Waals surface area contributed by atoms with Crippen LogP contribution in [0.25, 0.3) is 0 Å². The van der Waals surface area contributed by atoms with Crippen molar-refractivity contribution in [1.29, 1.82) is 0 Å². The van der Waals surface area contributed by atoms with Gasteiger partial charge in [0.2, 0.25) is 5.91 Å². The molecular formula is C16H26N2O2. The Labute approximate surface area is 121 Å². The second kappa shape index (κ2) is 7.29. The van der Waals surface area contributed by atoms with Gasteiger partial charge in [0.1, 0.15) is 5.75 Å². The molecule has 0 aliphatic heterocycles. The molecule has 4 nitrogen and oxygen atoms in total. The van der Waals surface area contributed by atoms with Gasteiger partial charge in [-0.3, -0.25) is 4.79 Å². The molecule has 0 heterocycles. The summed E-state index contributed by atoms with van der Waals surface area (Å²) in [6, 6.07) is 7.98. The number of methoxy groups -OCH3 is 1. The van der Waals surface area contributed by atoms with Crippen LogP contribution in [0.15, 0.2) is 24.3 Å². The summed E-state index contributed by atoms with van der Waals surface area (Å²) in [6.45, 7) is 8.47. The molecule has 0 aromatic heterocycles. The number of nitrogens with one attached hydrogen (secondary N) is 2. The highest BCUT2D eigenvalue weighted by atomic mass is 16.5. The minimum atomic E-state index is -0.151. The van der Waals surface area contributed by atoms with E-state index in [1.165, 1.54) is 0 Å². The maximum Gasteiger partial charge on any atom is 0.234 e. The van der Waals surface area contributed by atoms with Crippen molar-refractivity contribution in [2.24, 2.45) is 0 Å². The summed E-state index contributed by atoms with van der Waals surface area (Å²) in [5.74, 6) is 0.862. The van der Waals surface area contributed by atoms with E-state index in [2.05, 4.69) is 17.6 Å². The summed E-state index contributed by atoms with van der Waals surface area (Å²) in [6.07, 6.45) is 0.909. The van der Waals surface area contributed by atoms with E-state index in [0.717, 1.165) is 17.7 Å². The average Bonchev–Trinajstić information content (AvgIpc) is 2.44. The van der Waals surface area contributed by atoms with Gasteiger partial charge in [-0.15, -0.1) is 0 Å². The van der Waals surface area contributed by atoms with E-state index >= 15 is 0 Å². The van der Waals surface area contributed by atoms with Crippen LogP contribution < -0.4 is 15.4 Å². The zero-order valence-corrected chi connectivity index (χ0v) is 13.1. The molecule has 0 radical (unpaired) electrons. The SMILES string of the molecule is CCC(C)(C)NC(=O)CN[C@@H](C)c1ccc(OC)cc1. The highest BCUT2D eigenvalue weighted by Crippen LogP contribution is 2.17. The largest absolute Gasteiger partial charge is 0.497 e. The van der Waals surface area contributed by atoms with E-state index < -0.39 is 0 Å². The topological polar surface area (TPSA) is 50.4 Å². The number of hydrogen-bond acceptors (Lipinski definition) is 3. The van der Waals surface area contributed by atoms with Gasteiger partial charge in [0.15, 0.2) is 0 Å². The van der Waals surface area contributed by atoms with Gasteiger partial charge in [0, 0.05) is 11.6 Å². The maximum atomic E-state index is 11.9. The van der Waals surface area contributed by atoms with Gasteiger partial charge in [0.25, 0.3) is 0 Å². The Morgan fingerprint density at radius 2 is 1.90 bits per heavy atom. The molecule has 1 atom stereocenters. The summed E-state index contributed by atoms with van der Waals surface area (Å²) < 4.78 is 5.13. The first-order valence-corrected chi connectivity index (χ1v) is 7.06. The summed E-state index contributed by atoms with van der Waals surface area (Å²) in [5, 5.41) is 6.24. The van der Waals surface area contributed by atoms with Crippen molar-refractivity contribution in [3.63, 3.8) is 0 Å². The van der Waals surface area contributed by atoms with Gasteiger partial charge in [0.05, 0.1) is 13.7 Å². The molecular weight excluding hydrogens is 252 g/mol. The van der Waals surface area contributed by atoms with Crippen LogP contribution in [0.1, 0.15) is 45.7 Å². The van der Waals surface area contributed by atoms with Crippen LogP contribution in [0, 0.1) is 0 Å². The zero-order valence-electron chi connectivity index (χ0n) is 13.1. The third-order valence-corrected chi connectivity index (χ3v) is 3.55. The van der Waals surface area contributed by atoms with Gasteiger partial charge in [-0.25, -0.2) is 0 Å². The summed E-state index contributed by atoms with van der Waals surface area (Å²) >= 11 is 0. The van der Waals surface area contributed by atoms with Gasteiger partial charge in [-0.1, -0.05) is 19.1 Å². The third kappa shape index (κ3) is 5.21. The Morgan fingerprint density at radius 1 is 1.30 bits per heavy atom. The van der Waals surface area contributed by atoms with Crippen LogP contribution in [0.4, 0.5) is 0 Å². The van der Waals surface area contributed by atoms with Crippen LogP contribution >= 0.6 is 0 Å². The van der Waals surface area contributed by atoms with Crippen molar-refractivity contribution >= 4 is 5.91 Å². The van der Waals surface area contributed by atoms with E-state index in [-0.39, 0.29) is 17.5 Å². The minimum absolute atomic E-state index is 0.0252. The number of benzene rings is 1. The van der Waals surface area contributed by atoms with Crippen LogP contribution in [0.5, 0.6) is 5.75 Å². The van der Waals surface area contributed by atoms with Crippen molar-refractivity contribution in [1.82, 2.24) is 10.6 Å². The van der Waals surface area contributed by atoms with Gasteiger partial charge in [-0.05, 0) is 44.9 Å². The molecule has 1 aromatic rings. The number of carbonyl (C=O) groups is 1. The van der Waals surface area contributed by atoms with Crippen LogP contribution in [0.2, 0.25) is 0 Å². The Kier molecular flexibility index (Phi) is 6.02. The molecule has 112 valence electrons. The molecule has 0 saturated heterocycles. The van der Waals surface area contributed by atoms with Gasteiger partial charge < -0.3 is 15.4 Å². The van der Waals surface area contributed by atoms with Crippen molar-refractivity contribution < 1.29 is 9.53 Å². The summed E-state index contributed by atoms with van der Waals surface area (Å²) in [7, 11) is 1.65. The molecule has 20 heavy (non-hydrogen) atoms. The molecule has 4 heteroatoms. The monoisotopic (exact) mass is 278 g/mol. The number of carbonyl (C=O) groups excluding carboxylic acids is 1. The Hall–Kier alpha value is -1.55. The zero-order chi connectivity index (χ0) is 15.2. The lowest BCUT2D eigenvalue weighted by atomic mass is 10.0. The van der Waals surface area contributed by atoms with Crippen molar-refractivity contribution in [2.45, 2.75) is 45.7 Å². The lowest BCUT2D eigenvalue weighted by molar-refractivity contribution is -0.122. The molecule has 0 saturated carbocycles. The van der Waals surface area contributed by atoms with E-state index in [0.29, 0.717) is 6.54 Å². The minimum Gasteiger partial charge on any atom is -0.497 e. The Balaban J connectivity index is 2.46. The molecule has 0 unspecified atom stereocenters. The lowest BCUT2D eigenvalue weighted by Crippen LogP contribution is -2.46. The number of hydrogen-bond donors (Lipinski definition) is 2. The normalized spacial score (nSPS) is 12.8. The second-order valence-corrected chi connectivity index (χ2v) is 5.66. The Morgan fingerprint density at radius 3 is 2.40 bits per heavy atom. The predicted octanol–water partition coefficient (Wildman–Crippen LogP) is 2.65. The highest BCUT2D eigenvalue weighted by molar-refractivity contribution is 5.78. The van der Waals surface area contributed by atoms with Crippen LogP contribution in [0.3, 0.4) is 0 Å². The first kappa shape index (κ1) is 16.5. The molecule has 0 spiro atoms. The Bertz CT molecular complexity index is 427. The smallest absolute Gasteiger partial charge is 0.234 e.